The number of hydrogen-bond acceptors (Lipinski definition) is 6. The van der Waals surface area contributed by atoms with Crippen molar-refractivity contribution in [3.05, 3.63) is 47.5 Å². The van der Waals surface area contributed by atoms with Gasteiger partial charge in [-0.25, -0.2) is 0 Å². The minimum absolute atomic E-state index is 0. The van der Waals surface area contributed by atoms with Crippen molar-refractivity contribution in [2.24, 2.45) is 5.92 Å². The van der Waals surface area contributed by atoms with Crippen LogP contribution in [-0.4, -0.2) is 79.0 Å². The Morgan fingerprint density at radius 3 is 1.78 bits per heavy atom. The zero-order chi connectivity index (χ0) is 26.0. The molecule has 0 aliphatic carbocycles. The van der Waals surface area contributed by atoms with Crippen molar-refractivity contribution in [2.75, 3.05) is 69.2 Å². The van der Waals surface area contributed by atoms with Crippen LogP contribution in [-0.2, 0) is 11.8 Å². The second-order valence-electron chi connectivity index (χ2n) is 9.96. The maximum absolute atomic E-state index is 5.64. The summed E-state index contributed by atoms with van der Waals surface area (Å²) in [5.74, 6) is 3.59. The molecule has 8 heteroatoms. The third-order valence-corrected chi connectivity index (χ3v) is 7.05. The third kappa shape index (κ3) is 9.43. The highest BCUT2D eigenvalue weighted by atomic mass is 35.5. The standard InChI is InChI=1S/C29H46N2O4.2ClH/c1-22(2)29(21-30(3)4,24-12-14-26(33-7)28(20-24)35-9)16-10-17-31(5)18-15-23-11-13-25(32-6)27(19-23)34-8;;/h11-14,19-20,22H,10,15-18,21H2,1-9H3;2*1H. The van der Waals surface area contributed by atoms with Gasteiger partial charge in [0.15, 0.2) is 23.0 Å². The molecule has 1 unspecified atom stereocenters. The van der Waals surface area contributed by atoms with E-state index in [4.69, 9.17) is 18.9 Å². The summed E-state index contributed by atoms with van der Waals surface area (Å²) in [6.07, 6.45) is 3.18. The van der Waals surface area contributed by atoms with Crippen molar-refractivity contribution in [3.8, 4) is 23.0 Å². The zero-order valence-electron chi connectivity index (χ0n) is 24.1. The Hall–Kier alpha value is -1.86. The number of hydrogen-bond donors (Lipinski definition) is 0. The molecule has 2 aromatic rings. The van der Waals surface area contributed by atoms with Gasteiger partial charge in [0.25, 0.3) is 0 Å². The Bertz CT molecular complexity index is 927. The van der Waals surface area contributed by atoms with Crippen LogP contribution in [0.1, 0.15) is 37.8 Å². The van der Waals surface area contributed by atoms with E-state index in [1.54, 1.807) is 28.4 Å². The molecule has 212 valence electrons. The van der Waals surface area contributed by atoms with Crippen molar-refractivity contribution in [1.29, 1.82) is 0 Å². The topological polar surface area (TPSA) is 43.4 Å². The average molecular weight is 560 g/mol. The third-order valence-electron chi connectivity index (χ3n) is 7.05. The summed E-state index contributed by atoms with van der Waals surface area (Å²) in [5.41, 5.74) is 2.59. The fourth-order valence-electron chi connectivity index (χ4n) is 4.96. The summed E-state index contributed by atoms with van der Waals surface area (Å²) in [7, 11) is 13.3. The van der Waals surface area contributed by atoms with Gasteiger partial charge in [-0.05, 0) is 88.3 Å². The molecular weight excluding hydrogens is 511 g/mol. The Kier molecular flexibility index (Phi) is 16.0. The molecule has 0 radical (unpaired) electrons. The second-order valence-corrected chi connectivity index (χ2v) is 9.96. The largest absolute Gasteiger partial charge is 0.493 e. The number of methoxy groups -OCH3 is 4. The monoisotopic (exact) mass is 558 g/mol. The first-order chi connectivity index (χ1) is 16.7. The fourth-order valence-corrected chi connectivity index (χ4v) is 4.96. The van der Waals surface area contributed by atoms with Crippen molar-refractivity contribution in [2.45, 2.75) is 38.5 Å². The lowest BCUT2D eigenvalue weighted by Crippen LogP contribution is -2.42. The molecule has 0 aliphatic heterocycles. The van der Waals surface area contributed by atoms with Gasteiger partial charge in [-0.2, -0.15) is 0 Å². The summed E-state index contributed by atoms with van der Waals surface area (Å²) in [6.45, 7) is 7.69. The minimum Gasteiger partial charge on any atom is -0.493 e. The molecule has 1 atom stereocenters. The first-order valence-corrected chi connectivity index (χ1v) is 12.5. The normalized spacial score (nSPS) is 12.5. The molecule has 0 N–H and O–H groups in total. The quantitative estimate of drug-likeness (QED) is 0.268. The molecule has 0 aliphatic rings. The van der Waals surface area contributed by atoms with Crippen molar-refractivity contribution < 1.29 is 18.9 Å². The van der Waals surface area contributed by atoms with Gasteiger partial charge in [0, 0.05) is 18.5 Å². The molecule has 0 heterocycles. The highest BCUT2D eigenvalue weighted by Crippen LogP contribution is 2.41. The number of rotatable bonds is 15. The van der Waals surface area contributed by atoms with Crippen LogP contribution in [0.25, 0.3) is 0 Å². The van der Waals surface area contributed by atoms with E-state index in [1.807, 2.05) is 12.1 Å². The molecule has 2 aromatic carbocycles. The van der Waals surface area contributed by atoms with Gasteiger partial charge in [0.2, 0.25) is 0 Å². The summed E-state index contributed by atoms with van der Waals surface area (Å²) in [5, 5.41) is 0. The van der Waals surface area contributed by atoms with Gasteiger partial charge in [0.1, 0.15) is 0 Å². The summed E-state index contributed by atoms with van der Waals surface area (Å²) >= 11 is 0. The van der Waals surface area contributed by atoms with Crippen molar-refractivity contribution in [3.63, 3.8) is 0 Å². The second kappa shape index (κ2) is 16.9. The predicted octanol–water partition coefficient (Wildman–Crippen LogP) is 5.97. The van der Waals surface area contributed by atoms with E-state index < -0.39 is 0 Å². The van der Waals surface area contributed by atoms with Crippen LogP contribution in [0.15, 0.2) is 36.4 Å². The fraction of sp³-hybridized carbons (Fsp3) is 0.586. The van der Waals surface area contributed by atoms with Crippen LogP contribution in [0.2, 0.25) is 0 Å². The Balaban J connectivity index is 0.00000648. The van der Waals surface area contributed by atoms with E-state index in [9.17, 15) is 0 Å². The van der Waals surface area contributed by atoms with Crippen molar-refractivity contribution in [1.82, 2.24) is 9.80 Å². The molecule has 0 aromatic heterocycles. The van der Waals surface area contributed by atoms with Gasteiger partial charge in [-0.15, -0.1) is 24.8 Å². The molecule has 37 heavy (non-hydrogen) atoms. The molecule has 0 amide bonds. The van der Waals surface area contributed by atoms with Crippen LogP contribution < -0.4 is 18.9 Å². The van der Waals surface area contributed by atoms with E-state index >= 15 is 0 Å². The molecular formula is C29H48Cl2N2O4. The lowest BCUT2D eigenvalue weighted by molar-refractivity contribution is 0.190. The Morgan fingerprint density at radius 1 is 0.730 bits per heavy atom. The number of likely N-dealkylation sites (N-methyl/N-ethyl adjacent to an activating group) is 2. The number of nitrogens with zero attached hydrogens (tertiary/aromatic N) is 2. The maximum atomic E-state index is 5.64. The van der Waals surface area contributed by atoms with E-state index in [1.165, 1.54) is 11.1 Å². The smallest absolute Gasteiger partial charge is 0.161 e. The molecule has 2 rings (SSSR count). The Morgan fingerprint density at radius 2 is 1.27 bits per heavy atom. The highest BCUT2D eigenvalue weighted by molar-refractivity contribution is 5.85. The van der Waals surface area contributed by atoms with Crippen molar-refractivity contribution >= 4 is 24.8 Å². The minimum atomic E-state index is 0. The van der Waals surface area contributed by atoms with Crippen LogP contribution in [0, 0.1) is 5.92 Å². The summed E-state index contributed by atoms with van der Waals surface area (Å²) in [4.78, 5) is 4.73. The maximum Gasteiger partial charge on any atom is 0.161 e. The number of benzene rings is 2. The molecule has 0 spiro atoms. The van der Waals surface area contributed by atoms with Crippen LogP contribution in [0.5, 0.6) is 23.0 Å². The van der Waals surface area contributed by atoms with Crippen LogP contribution >= 0.6 is 24.8 Å². The first kappa shape index (κ1) is 35.1. The SMILES string of the molecule is COc1ccc(CCN(C)CCCC(CN(C)C)(c2ccc(OC)c(OC)c2)C(C)C)cc1OC.Cl.Cl. The van der Waals surface area contributed by atoms with Crippen LogP contribution in [0.4, 0.5) is 0 Å². The molecule has 0 fully saturated rings. The molecule has 0 saturated carbocycles. The zero-order valence-corrected chi connectivity index (χ0v) is 25.8. The summed E-state index contributed by atoms with van der Waals surface area (Å²) < 4.78 is 21.9. The number of ether oxygens (including phenoxy) is 4. The van der Waals surface area contributed by atoms with Crippen LogP contribution in [0.3, 0.4) is 0 Å². The molecule has 0 saturated heterocycles. The van der Waals surface area contributed by atoms with E-state index in [0.717, 1.165) is 61.9 Å². The summed E-state index contributed by atoms with van der Waals surface area (Å²) in [6, 6.07) is 12.6. The van der Waals surface area contributed by atoms with Gasteiger partial charge in [-0.1, -0.05) is 26.0 Å². The lowest BCUT2D eigenvalue weighted by Gasteiger charge is -2.41. The Labute approximate surface area is 237 Å². The lowest BCUT2D eigenvalue weighted by atomic mass is 9.68. The van der Waals surface area contributed by atoms with E-state index in [2.05, 4.69) is 69.1 Å². The highest BCUT2D eigenvalue weighted by Gasteiger charge is 2.36. The predicted molar refractivity (Wildman–Crippen MR) is 159 cm³/mol. The number of halogens is 2. The first-order valence-electron chi connectivity index (χ1n) is 12.5. The molecule has 0 bridgehead atoms. The average Bonchev–Trinajstić information content (AvgIpc) is 2.85. The van der Waals surface area contributed by atoms with Gasteiger partial charge in [-0.3, -0.25) is 0 Å². The van der Waals surface area contributed by atoms with Gasteiger partial charge < -0.3 is 28.7 Å². The van der Waals surface area contributed by atoms with Gasteiger partial charge >= 0.3 is 0 Å². The van der Waals surface area contributed by atoms with Gasteiger partial charge in [0.05, 0.1) is 28.4 Å². The van der Waals surface area contributed by atoms with E-state index in [-0.39, 0.29) is 30.2 Å². The van der Waals surface area contributed by atoms with E-state index in [0.29, 0.717) is 5.92 Å². The molecule has 6 nitrogen and oxygen atoms in total.